The maximum absolute atomic E-state index is 5.72. The highest BCUT2D eigenvalue weighted by Gasteiger charge is 2.21. The van der Waals surface area contributed by atoms with Gasteiger partial charge in [0.1, 0.15) is 5.75 Å². The first kappa shape index (κ1) is 15.9. The molecule has 0 unspecified atom stereocenters. The van der Waals surface area contributed by atoms with Crippen LogP contribution in [0.2, 0.25) is 0 Å². The molecule has 1 saturated heterocycles. The number of benzene rings is 1. The summed E-state index contributed by atoms with van der Waals surface area (Å²) in [5.41, 5.74) is 1.18. The van der Waals surface area contributed by atoms with Crippen LogP contribution in [0.1, 0.15) is 20.8 Å². The minimum atomic E-state index is 0.384. The van der Waals surface area contributed by atoms with Crippen LogP contribution in [0.25, 0.3) is 0 Å². The van der Waals surface area contributed by atoms with E-state index >= 15 is 0 Å². The van der Waals surface area contributed by atoms with E-state index in [0.29, 0.717) is 12.6 Å². The van der Waals surface area contributed by atoms with Gasteiger partial charge in [0.15, 0.2) is 5.11 Å². The Labute approximate surface area is 133 Å². The average molecular weight is 307 g/mol. The van der Waals surface area contributed by atoms with Crippen molar-refractivity contribution in [2.24, 2.45) is 0 Å². The molecule has 1 aliphatic heterocycles. The fourth-order valence-electron chi connectivity index (χ4n) is 2.48. The molecule has 1 fully saturated rings. The number of ether oxygens (including phenoxy) is 1. The van der Waals surface area contributed by atoms with Crippen molar-refractivity contribution in [3.63, 3.8) is 0 Å². The van der Waals surface area contributed by atoms with Gasteiger partial charge >= 0.3 is 0 Å². The van der Waals surface area contributed by atoms with Gasteiger partial charge in [0.2, 0.25) is 0 Å². The van der Waals surface area contributed by atoms with Crippen molar-refractivity contribution >= 4 is 23.0 Å². The van der Waals surface area contributed by atoms with E-state index < -0.39 is 0 Å². The smallest absolute Gasteiger partial charge is 0.169 e. The van der Waals surface area contributed by atoms with Gasteiger partial charge in [-0.2, -0.15) is 0 Å². The predicted octanol–water partition coefficient (Wildman–Crippen LogP) is 2.49. The number of hydrogen-bond donors (Lipinski definition) is 1. The monoisotopic (exact) mass is 307 g/mol. The molecular weight excluding hydrogens is 282 g/mol. The van der Waals surface area contributed by atoms with E-state index in [1.807, 2.05) is 19.1 Å². The maximum Gasteiger partial charge on any atom is 0.169 e. The van der Waals surface area contributed by atoms with Gasteiger partial charge in [-0.05, 0) is 45.1 Å². The zero-order valence-corrected chi connectivity index (χ0v) is 13.9. The Morgan fingerprint density at radius 3 is 2.52 bits per heavy atom. The summed E-state index contributed by atoms with van der Waals surface area (Å²) in [6, 6.07) is 8.64. The number of piperazine rings is 1. The SMILES string of the molecule is CCOc1ccccc1N1CCN(C(=S)NC(C)C)CC1. The molecule has 0 amide bonds. The molecule has 4 nitrogen and oxygen atoms in total. The van der Waals surface area contributed by atoms with Crippen LogP contribution in [0, 0.1) is 0 Å². The standard InChI is InChI=1S/C16H25N3OS/c1-4-20-15-8-6-5-7-14(15)18-9-11-19(12-10-18)16(21)17-13(2)3/h5-8,13H,4,9-12H2,1-3H3,(H,17,21). The van der Waals surface area contributed by atoms with Crippen LogP contribution in [0.15, 0.2) is 24.3 Å². The third-order valence-corrected chi connectivity index (χ3v) is 3.86. The largest absolute Gasteiger partial charge is 0.492 e. The summed E-state index contributed by atoms with van der Waals surface area (Å²) >= 11 is 5.44. The van der Waals surface area contributed by atoms with Gasteiger partial charge in [0, 0.05) is 32.2 Å². The van der Waals surface area contributed by atoms with E-state index in [9.17, 15) is 0 Å². The van der Waals surface area contributed by atoms with E-state index in [0.717, 1.165) is 37.0 Å². The lowest BCUT2D eigenvalue weighted by molar-refractivity contribution is 0.335. The van der Waals surface area contributed by atoms with Crippen molar-refractivity contribution in [1.82, 2.24) is 10.2 Å². The van der Waals surface area contributed by atoms with Crippen molar-refractivity contribution in [2.45, 2.75) is 26.8 Å². The van der Waals surface area contributed by atoms with Crippen LogP contribution >= 0.6 is 12.2 Å². The molecule has 0 aliphatic carbocycles. The second-order valence-electron chi connectivity index (χ2n) is 5.48. The third kappa shape index (κ3) is 4.24. The number of rotatable bonds is 4. The number of para-hydroxylation sites is 2. The zero-order chi connectivity index (χ0) is 15.2. The molecule has 116 valence electrons. The lowest BCUT2D eigenvalue weighted by Crippen LogP contribution is -2.52. The van der Waals surface area contributed by atoms with Gasteiger partial charge in [-0.3, -0.25) is 0 Å². The molecular formula is C16H25N3OS. The van der Waals surface area contributed by atoms with Gasteiger partial charge in [-0.1, -0.05) is 12.1 Å². The number of nitrogens with zero attached hydrogens (tertiary/aromatic N) is 2. The van der Waals surface area contributed by atoms with Crippen LogP contribution in [0.3, 0.4) is 0 Å². The summed E-state index contributed by atoms with van der Waals surface area (Å²) in [6.45, 7) is 10.7. The van der Waals surface area contributed by atoms with Crippen LogP contribution in [-0.2, 0) is 0 Å². The van der Waals surface area contributed by atoms with Crippen LogP contribution in [0.5, 0.6) is 5.75 Å². The van der Waals surface area contributed by atoms with Crippen molar-refractivity contribution in [2.75, 3.05) is 37.7 Å². The van der Waals surface area contributed by atoms with Crippen LogP contribution in [0.4, 0.5) is 5.69 Å². The Morgan fingerprint density at radius 1 is 1.24 bits per heavy atom. The molecule has 5 heteroatoms. The fraction of sp³-hybridized carbons (Fsp3) is 0.562. The highest BCUT2D eigenvalue weighted by Crippen LogP contribution is 2.28. The normalized spacial score (nSPS) is 15.2. The topological polar surface area (TPSA) is 27.7 Å². The van der Waals surface area contributed by atoms with Crippen molar-refractivity contribution in [3.05, 3.63) is 24.3 Å². The van der Waals surface area contributed by atoms with E-state index in [-0.39, 0.29) is 0 Å². The predicted molar refractivity (Wildman–Crippen MR) is 92.3 cm³/mol. The molecule has 0 bridgehead atoms. The molecule has 1 aliphatic rings. The molecule has 0 radical (unpaired) electrons. The summed E-state index contributed by atoms with van der Waals surface area (Å²) < 4.78 is 5.72. The lowest BCUT2D eigenvalue weighted by atomic mass is 10.2. The van der Waals surface area contributed by atoms with Gasteiger partial charge in [-0.15, -0.1) is 0 Å². The molecule has 0 atom stereocenters. The minimum absolute atomic E-state index is 0.384. The average Bonchev–Trinajstić information content (AvgIpc) is 2.48. The second-order valence-corrected chi connectivity index (χ2v) is 5.87. The quantitative estimate of drug-likeness (QED) is 0.863. The fourth-order valence-corrected chi connectivity index (χ4v) is 2.90. The van der Waals surface area contributed by atoms with Gasteiger partial charge in [0.25, 0.3) is 0 Å². The first-order chi connectivity index (χ1) is 10.1. The number of thiocarbonyl (C=S) groups is 1. The molecule has 2 rings (SSSR count). The molecule has 1 N–H and O–H groups in total. The molecule has 21 heavy (non-hydrogen) atoms. The Balaban J connectivity index is 1.96. The Kier molecular flexibility index (Phi) is 5.67. The molecule has 1 aromatic carbocycles. The van der Waals surface area contributed by atoms with Crippen molar-refractivity contribution in [3.8, 4) is 5.75 Å². The summed E-state index contributed by atoms with van der Waals surface area (Å²) in [5.74, 6) is 0.969. The second kappa shape index (κ2) is 7.50. The van der Waals surface area contributed by atoms with Gasteiger partial charge in [-0.25, -0.2) is 0 Å². The summed E-state index contributed by atoms with van der Waals surface area (Å²) in [7, 11) is 0. The number of anilines is 1. The summed E-state index contributed by atoms with van der Waals surface area (Å²) in [6.07, 6.45) is 0. The van der Waals surface area contributed by atoms with Crippen LogP contribution < -0.4 is 15.0 Å². The molecule has 1 aromatic rings. The van der Waals surface area contributed by atoms with E-state index in [1.54, 1.807) is 0 Å². The maximum atomic E-state index is 5.72. The highest BCUT2D eigenvalue weighted by atomic mass is 32.1. The summed E-state index contributed by atoms with van der Waals surface area (Å²) in [4.78, 5) is 4.62. The molecule has 0 spiro atoms. The van der Waals surface area contributed by atoms with Gasteiger partial charge in [0.05, 0.1) is 12.3 Å². The molecule has 0 saturated carbocycles. The van der Waals surface area contributed by atoms with E-state index in [1.165, 1.54) is 5.69 Å². The summed E-state index contributed by atoms with van der Waals surface area (Å²) in [5, 5.41) is 4.18. The first-order valence-electron chi connectivity index (χ1n) is 7.64. The molecule has 0 aromatic heterocycles. The minimum Gasteiger partial charge on any atom is -0.492 e. The highest BCUT2D eigenvalue weighted by molar-refractivity contribution is 7.80. The number of nitrogens with one attached hydrogen (secondary N) is 1. The Hall–Kier alpha value is -1.49. The van der Waals surface area contributed by atoms with Crippen LogP contribution in [-0.4, -0.2) is 48.8 Å². The first-order valence-corrected chi connectivity index (χ1v) is 8.05. The Morgan fingerprint density at radius 2 is 1.90 bits per heavy atom. The van der Waals surface area contributed by atoms with Crippen molar-refractivity contribution in [1.29, 1.82) is 0 Å². The number of hydrogen-bond acceptors (Lipinski definition) is 3. The van der Waals surface area contributed by atoms with E-state index in [4.69, 9.17) is 17.0 Å². The third-order valence-electron chi connectivity index (χ3n) is 3.48. The van der Waals surface area contributed by atoms with Gasteiger partial charge < -0.3 is 19.9 Å². The zero-order valence-electron chi connectivity index (χ0n) is 13.1. The van der Waals surface area contributed by atoms with E-state index in [2.05, 4.69) is 41.1 Å². The Bertz CT molecular complexity index is 470. The molecule has 1 heterocycles. The van der Waals surface area contributed by atoms with Crippen molar-refractivity contribution < 1.29 is 4.74 Å². The lowest BCUT2D eigenvalue weighted by Gasteiger charge is -2.38.